The minimum Gasteiger partial charge on any atom is -0.497 e. The van der Waals surface area contributed by atoms with Crippen molar-refractivity contribution in [1.29, 1.82) is 0 Å². The lowest BCUT2D eigenvalue weighted by atomic mass is 10.3. The molecule has 1 aromatic carbocycles. The Balaban J connectivity index is 2.02. The van der Waals surface area contributed by atoms with E-state index in [1.807, 2.05) is 36.1 Å². The zero-order valence-corrected chi connectivity index (χ0v) is 9.47. The highest BCUT2D eigenvalue weighted by Crippen LogP contribution is 2.30. The van der Waals surface area contributed by atoms with Crippen molar-refractivity contribution in [2.24, 2.45) is 0 Å². The van der Waals surface area contributed by atoms with Crippen LogP contribution in [0, 0.1) is 0 Å². The van der Waals surface area contributed by atoms with Gasteiger partial charge >= 0.3 is 5.97 Å². The minimum atomic E-state index is -0.148. The molecule has 16 heavy (non-hydrogen) atoms. The number of hydrogen-bond donors (Lipinski definition) is 0. The summed E-state index contributed by atoms with van der Waals surface area (Å²) in [6.07, 6.45) is 0. The highest BCUT2D eigenvalue weighted by Gasteiger charge is 2.41. The molecule has 0 amide bonds. The molecule has 0 radical (unpaired) electrons. The Bertz CT molecular complexity index is 392. The summed E-state index contributed by atoms with van der Waals surface area (Å²) in [7, 11) is 1.63. The molecule has 0 N–H and O–H groups in total. The van der Waals surface area contributed by atoms with E-state index in [2.05, 4.69) is 0 Å². The maximum atomic E-state index is 11.4. The van der Waals surface area contributed by atoms with E-state index in [1.54, 1.807) is 7.11 Å². The molecule has 1 aromatic rings. The van der Waals surface area contributed by atoms with Crippen molar-refractivity contribution >= 4 is 11.7 Å². The average molecular weight is 221 g/mol. The monoisotopic (exact) mass is 221 g/mol. The standard InChI is InChI=1S/C12H15NO3/c1-3-16-12(14)11-8-13(11)9-5-4-6-10(7-9)15-2/h4-7,11H,3,8H2,1-2H3. The van der Waals surface area contributed by atoms with Crippen molar-refractivity contribution in [3.63, 3.8) is 0 Å². The van der Waals surface area contributed by atoms with Gasteiger partial charge in [0.2, 0.25) is 0 Å². The van der Waals surface area contributed by atoms with Crippen molar-refractivity contribution in [3.05, 3.63) is 24.3 Å². The van der Waals surface area contributed by atoms with E-state index >= 15 is 0 Å². The normalized spacial score (nSPS) is 18.1. The third kappa shape index (κ3) is 2.10. The topological polar surface area (TPSA) is 38.5 Å². The molecule has 86 valence electrons. The highest BCUT2D eigenvalue weighted by atomic mass is 16.5. The molecule has 1 unspecified atom stereocenters. The molecule has 1 saturated heterocycles. The van der Waals surface area contributed by atoms with Gasteiger partial charge in [-0.3, -0.25) is 0 Å². The Morgan fingerprint density at radius 2 is 2.38 bits per heavy atom. The fraction of sp³-hybridized carbons (Fsp3) is 0.417. The number of nitrogens with zero attached hydrogens (tertiary/aromatic N) is 1. The van der Waals surface area contributed by atoms with E-state index < -0.39 is 0 Å². The van der Waals surface area contributed by atoms with Gasteiger partial charge in [-0.15, -0.1) is 0 Å². The van der Waals surface area contributed by atoms with Crippen molar-refractivity contribution in [2.75, 3.05) is 25.2 Å². The first kappa shape index (κ1) is 10.8. The Morgan fingerprint density at radius 3 is 3.06 bits per heavy atom. The Morgan fingerprint density at radius 1 is 1.56 bits per heavy atom. The number of hydrogen-bond acceptors (Lipinski definition) is 4. The van der Waals surface area contributed by atoms with E-state index in [1.165, 1.54) is 0 Å². The Hall–Kier alpha value is -1.71. The van der Waals surface area contributed by atoms with Crippen LogP contribution in [0.25, 0.3) is 0 Å². The fourth-order valence-corrected chi connectivity index (χ4v) is 1.65. The molecule has 0 bridgehead atoms. The van der Waals surface area contributed by atoms with Crippen molar-refractivity contribution in [3.8, 4) is 5.75 Å². The molecule has 1 heterocycles. The van der Waals surface area contributed by atoms with Crippen molar-refractivity contribution < 1.29 is 14.3 Å². The van der Waals surface area contributed by atoms with E-state index in [0.29, 0.717) is 6.61 Å². The van der Waals surface area contributed by atoms with Crippen LogP contribution in [0.4, 0.5) is 5.69 Å². The maximum absolute atomic E-state index is 11.4. The SMILES string of the molecule is CCOC(=O)C1CN1c1cccc(OC)c1. The smallest absolute Gasteiger partial charge is 0.330 e. The quantitative estimate of drug-likeness (QED) is 0.569. The number of methoxy groups -OCH3 is 1. The van der Waals surface area contributed by atoms with Gasteiger partial charge in [-0.2, -0.15) is 0 Å². The molecular formula is C12H15NO3. The first-order valence-electron chi connectivity index (χ1n) is 5.33. The van der Waals surface area contributed by atoms with Crippen LogP contribution in [-0.2, 0) is 9.53 Å². The molecule has 4 nitrogen and oxygen atoms in total. The first-order valence-corrected chi connectivity index (χ1v) is 5.33. The van der Waals surface area contributed by atoms with Crippen LogP contribution in [0.3, 0.4) is 0 Å². The second kappa shape index (κ2) is 4.43. The van der Waals surface area contributed by atoms with Gasteiger partial charge in [0.1, 0.15) is 11.8 Å². The van der Waals surface area contributed by atoms with Gasteiger partial charge in [0.25, 0.3) is 0 Å². The molecule has 4 heteroatoms. The number of anilines is 1. The predicted molar refractivity (Wildman–Crippen MR) is 60.8 cm³/mol. The van der Waals surface area contributed by atoms with Crippen LogP contribution in [0.5, 0.6) is 5.75 Å². The van der Waals surface area contributed by atoms with Gasteiger partial charge in [-0.1, -0.05) is 6.07 Å². The molecule has 2 rings (SSSR count). The molecule has 1 atom stereocenters. The van der Waals surface area contributed by atoms with Crippen LogP contribution in [-0.4, -0.2) is 32.3 Å². The van der Waals surface area contributed by atoms with Gasteiger partial charge in [0.05, 0.1) is 20.3 Å². The summed E-state index contributed by atoms with van der Waals surface area (Å²) in [5.41, 5.74) is 0.998. The van der Waals surface area contributed by atoms with E-state index in [0.717, 1.165) is 18.0 Å². The summed E-state index contributed by atoms with van der Waals surface area (Å²) in [5.74, 6) is 0.650. The van der Waals surface area contributed by atoms with Crippen LogP contribution >= 0.6 is 0 Å². The summed E-state index contributed by atoms with van der Waals surface area (Å²) >= 11 is 0. The first-order chi connectivity index (χ1) is 7.76. The van der Waals surface area contributed by atoms with Crippen molar-refractivity contribution in [2.45, 2.75) is 13.0 Å². The van der Waals surface area contributed by atoms with Crippen LogP contribution in [0.2, 0.25) is 0 Å². The second-order valence-corrected chi connectivity index (χ2v) is 3.62. The molecule has 1 aliphatic rings. The lowest BCUT2D eigenvalue weighted by molar-refractivity contribution is -0.142. The molecule has 1 aliphatic heterocycles. The number of ether oxygens (including phenoxy) is 2. The van der Waals surface area contributed by atoms with E-state index in [9.17, 15) is 4.79 Å². The van der Waals surface area contributed by atoms with Gasteiger partial charge in [0, 0.05) is 11.8 Å². The zero-order chi connectivity index (χ0) is 11.5. The third-order valence-electron chi connectivity index (χ3n) is 2.56. The molecular weight excluding hydrogens is 206 g/mol. The molecule has 1 fully saturated rings. The van der Waals surface area contributed by atoms with Gasteiger partial charge in [0.15, 0.2) is 0 Å². The molecule has 0 saturated carbocycles. The largest absolute Gasteiger partial charge is 0.497 e. The maximum Gasteiger partial charge on any atom is 0.330 e. The lowest BCUT2D eigenvalue weighted by Crippen LogP contribution is -2.15. The minimum absolute atomic E-state index is 0.118. The summed E-state index contributed by atoms with van der Waals surface area (Å²) in [6.45, 7) is 2.98. The molecule has 0 aliphatic carbocycles. The number of benzene rings is 1. The van der Waals surface area contributed by atoms with Crippen molar-refractivity contribution in [1.82, 2.24) is 0 Å². The number of carbonyl (C=O) groups excluding carboxylic acids is 1. The Kier molecular flexibility index (Phi) is 2.99. The number of rotatable bonds is 4. The van der Waals surface area contributed by atoms with E-state index in [-0.39, 0.29) is 12.0 Å². The van der Waals surface area contributed by atoms with Crippen LogP contribution in [0.1, 0.15) is 6.92 Å². The summed E-state index contributed by atoms with van der Waals surface area (Å²) < 4.78 is 10.1. The van der Waals surface area contributed by atoms with Gasteiger partial charge in [-0.25, -0.2) is 4.79 Å². The van der Waals surface area contributed by atoms with Crippen LogP contribution < -0.4 is 9.64 Å². The average Bonchev–Trinajstić information content (AvgIpc) is 3.09. The molecule has 0 aromatic heterocycles. The summed E-state index contributed by atoms with van der Waals surface area (Å²) in [6, 6.07) is 7.55. The van der Waals surface area contributed by atoms with Gasteiger partial charge in [-0.05, 0) is 19.1 Å². The number of carbonyl (C=O) groups is 1. The fourth-order valence-electron chi connectivity index (χ4n) is 1.65. The second-order valence-electron chi connectivity index (χ2n) is 3.62. The predicted octanol–water partition coefficient (Wildman–Crippen LogP) is 1.45. The third-order valence-corrected chi connectivity index (χ3v) is 2.56. The molecule has 0 spiro atoms. The summed E-state index contributed by atoms with van der Waals surface area (Å²) in [5, 5.41) is 0. The Labute approximate surface area is 94.8 Å². The van der Waals surface area contributed by atoms with E-state index in [4.69, 9.17) is 9.47 Å². The zero-order valence-electron chi connectivity index (χ0n) is 9.47. The lowest BCUT2D eigenvalue weighted by Gasteiger charge is -2.07. The van der Waals surface area contributed by atoms with Gasteiger partial charge < -0.3 is 14.4 Å². The highest BCUT2D eigenvalue weighted by molar-refractivity contribution is 5.86. The summed E-state index contributed by atoms with van der Waals surface area (Å²) in [4.78, 5) is 13.4. The van der Waals surface area contributed by atoms with Crippen LogP contribution in [0.15, 0.2) is 24.3 Å². The number of esters is 1.